The van der Waals surface area contributed by atoms with Gasteiger partial charge in [0.2, 0.25) is 0 Å². The van der Waals surface area contributed by atoms with Gasteiger partial charge in [-0.15, -0.1) is 5.10 Å². The van der Waals surface area contributed by atoms with Crippen molar-refractivity contribution >= 4 is 23.4 Å². The van der Waals surface area contributed by atoms with Gasteiger partial charge in [-0.3, -0.25) is 4.57 Å². The Bertz CT molecular complexity index is 636. The van der Waals surface area contributed by atoms with Crippen molar-refractivity contribution in [2.24, 2.45) is 0 Å². The van der Waals surface area contributed by atoms with Crippen LogP contribution in [0.4, 0.5) is 0 Å². The van der Waals surface area contributed by atoms with E-state index in [-0.39, 0.29) is 18.3 Å². The number of aromatic nitrogens is 3. The third kappa shape index (κ3) is 3.02. The van der Waals surface area contributed by atoms with Crippen molar-refractivity contribution in [3.05, 3.63) is 39.3 Å². The molecule has 0 saturated carbocycles. The molecule has 1 heterocycles. The monoisotopic (exact) mass is 299 g/mol. The lowest BCUT2D eigenvalue weighted by atomic mass is 10.2. The van der Waals surface area contributed by atoms with Crippen LogP contribution in [0.5, 0.6) is 0 Å². The fourth-order valence-corrected chi connectivity index (χ4v) is 2.95. The van der Waals surface area contributed by atoms with E-state index < -0.39 is 0 Å². The second kappa shape index (κ2) is 5.81. The maximum Gasteiger partial charge on any atom is 0.344 e. The molecule has 0 aliphatic heterocycles. The predicted molar refractivity (Wildman–Crippen MR) is 74.7 cm³/mol. The van der Waals surface area contributed by atoms with E-state index in [4.69, 9.17) is 11.6 Å². The van der Waals surface area contributed by atoms with Gasteiger partial charge in [-0.1, -0.05) is 11.6 Å². The van der Waals surface area contributed by atoms with Gasteiger partial charge in [0.25, 0.3) is 0 Å². The minimum Gasteiger partial charge on any atom is -0.392 e. The molecular formula is C12H14ClN3O2S. The lowest BCUT2D eigenvalue weighted by Crippen LogP contribution is -2.19. The number of hydrogen-bond donors (Lipinski definition) is 2. The highest BCUT2D eigenvalue weighted by Crippen LogP contribution is 2.31. The molecule has 7 heteroatoms. The van der Waals surface area contributed by atoms with Crippen LogP contribution in [0.2, 0.25) is 5.02 Å². The average molecular weight is 300 g/mol. The third-order valence-corrected chi connectivity index (χ3v) is 3.91. The van der Waals surface area contributed by atoms with Crippen molar-refractivity contribution in [1.82, 2.24) is 14.8 Å². The zero-order chi connectivity index (χ0) is 14.0. The highest BCUT2D eigenvalue weighted by molar-refractivity contribution is 7.99. The summed E-state index contributed by atoms with van der Waals surface area (Å²) < 4.78 is 1.57. The first kappa shape index (κ1) is 14.2. The Labute approximate surface area is 119 Å². The number of aliphatic hydroxyl groups excluding tert-OH is 1. The molecule has 0 amide bonds. The Morgan fingerprint density at radius 1 is 1.53 bits per heavy atom. The largest absolute Gasteiger partial charge is 0.392 e. The zero-order valence-corrected chi connectivity index (χ0v) is 12.1. The summed E-state index contributed by atoms with van der Waals surface area (Å²) in [4.78, 5) is 12.5. The van der Waals surface area contributed by atoms with Crippen molar-refractivity contribution in [3.63, 3.8) is 0 Å². The van der Waals surface area contributed by atoms with Gasteiger partial charge in [-0.2, -0.15) is 0 Å². The molecule has 5 nitrogen and oxygen atoms in total. The first-order chi connectivity index (χ1) is 9.02. The van der Waals surface area contributed by atoms with Crippen molar-refractivity contribution in [2.45, 2.75) is 36.5 Å². The Hall–Kier alpha value is -1.24. The molecule has 0 aliphatic carbocycles. The van der Waals surface area contributed by atoms with Crippen LogP contribution >= 0.6 is 23.4 Å². The quantitative estimate of drug-likeness (QED) is 0.910. The van der Waals surface area contributed by atoms with Gasteiger partial charge in [0.15, 0.2) is 5.16 Å². The smallest absolute Gasteiger partial charge is 0.344 e. The zero-order valence-electron chi connectivity index (χ0n) is 10.6. The van der Waals surface area contributed by atoms with E-state index in [1.807, 2.05) is 19.9 Å². The molecule has 2 rings (SSSR count). The molecule has 102 valence electrons. The predicted octanol–water partition coefficient (Wildman–Crippen LogP) is 2.45. The van der Waals surface area contributed by atoms with Gasteiger partial charge in [0.05, 0.1) is 6.61 Å². The second-order valence-corrected chi connectivity index (χ2v) is 5.73. The molecular weight excluding hydrogens is 286 g/mol. The fourth-order valence-electron chi connectivity index (χ4n) is 1.69. The van der Waals surface area contributed by atoms with Gasteiger partial charge < -0.3 is 5.11 Å². The standard InChI is InChI=1S/C12H14ClN3O2S/c1-7(2)16-11(18)14-15-12(16)19-10-4-3-9(13)5-8(10)6-17/h3-5,7,17H,6H2,1-2H3,(H,14,18). The second-order valence-electron chi connectivity index (χ2n) is 4.29. The SMILES string of the molecule is CC(C)n1c(Sc2ccc(Cl)cc2CO)n[nH]c1=O. The molecule has 0 atom stereocenters. The lowest BCUT2D eigenvalue weighted by molar-refractivity contribution is 0.279. The number of H-pyrrole nitrogens is 1. The summed E-state index contributed by atoms with van der Waals surface area (Å²) in [6, 6.07) is 5.27. The summed E-state index contributed by atoms with van der Waals surface area (Å²) in [5.74, 6) is 0. The van der Waals surface area contributed by atoms with Gasteiger partial charge >= 0.3 is 5.69 Å². The van der Waals surface area contributed by atoms with E-state index in [0.717, 1.165) is 4.90 Å². The van der Waals surface area contributed by atoms with Crippen molar-refractivity contribution < 1.29 is 5.11 Å². The maximum atomic E-state index is 11.6. The number of benzene rings is 1. The highest BCUT2D eigenvalue weighted by atomic mass is 35.5. The van der Waals surface area contributed by atoms with E-state index in [9.17, 15) is 9.90 Å². The number of aromatic amines is 1. The van der Waals surface area contributed by atoms with Crippen LogP contribution < -0.4 is 5.69 Å². The molecule has 2 N–H and O–H groups in total. The van der Waals surface area contributed by atoms with Crippen LogP contribution in [0.15, 0.2) is 33.0 Å². The molecule has 0 unspecified atom stereocenters. The van der Waals surface area contributed by atoms with Gasteiger partial charge in [0, 0.05) is 16.0 Å². The Morgan fingerprint density at radius 3 is 2.89 bits per heavy atom. The minimum atomic E-state index is -0.239. The van der Waals surface area contributed by atoms with Crippen LogP contribution in [0, 0.1) is 0 Å². The van der Waals surface area contributed by atoms with Crippen LogP contribution in [0.1, 0.15) is 25.5 Å². The molecule has 0 saturated heterocycles. The Kier molecular flexibility index (Phi) is 4.34. The number of rotatable bonds is 4. The van der Waals surface area contributed by atoms with E-state index in [2.05, 4.69) is 10.2 Å². The van der Waals surface area contributed by atoms with Crippen molar-refractivity contribution in [3.8, 4) is 0 Å². The normalized spacial score (nSPS) is 11.2. The molecule has 1 aromatic heterocycles. The summed E-state index contributed by atoms with van der Waals surface area (Å²) in [7, 11) is 0. The molecule has 19 heavy (non-hydrogen) atoms. The molecule has 0 radical (unpaired) electrons. The number of nitrogens with one attached hydrogen (secondary N) is 1. The van der Waals surface area contributed by atoms with Gasteiger partial charge in [0.1, 0.15) is 0 Å². The maximum absolute atomic E-state index is 11.6. The summed E-state index contributed by atoms with van der Waals surface area (Å²) >= 11 is 7.21. The van der Waals surface area contributed by atoms with Crippen LogP contribution in [-0.2, 0) is 6.61 Å². The lowest BCUT2D eigenvalue weighted by Gasteiger charge is -2.10. The molecule has 0 spiro atoms. The third-order valence-electron chi connectivity index (χ3n) is 2.58. The average Bonchev–Trinajstić information content (AvgIpc) is 2.72. The molecule has 2 aromatic rings. The number of halogens is 1. The first-order valence-electron chi connectivity index (χ1n) is 5.77. The number of nitrogens with zero attached hydrogens (tertiary/aromatic N) is 2. The van der Waals surface area contributed by atoms with E-state index >= 15 is 0 Å². The first-order valence-corrected chi connectivity index (χ1v) is 6.96. The van der Waals surface area contributed by atoms with Crippen molar-refractivity contribution in [1.29, 1.82) is 0 Å². The van der Waals surface area contributed by atoms with Gasteiger partial charge in [-0.05, 0) is 49.4 Å². The molecule has 0 aliphatic rings. The van der Waals surface area contributed by atoms with E-state index in [0.29, 0.717) is 15.7 Å². The number of aliphatic hydroxyl groups is 1. The summed E-state index contributed by atoms with van der Waals surface area (Å²) in [5, 5.41) is 16.9. The van der Waals surface area contributed by atoms with Crippen LogP contribution in [0.25, 0.3) is 0 Å². The van der Waals surface area contributed by atoms with E-state index in [1.165, 1.54) is 11.8 Å². The van der Waals surface area contributed by atoms with Crippen LogP contribution in [-0.4, -0.2) is 19.9 Å². The molecule has 1 aromatic carbocycles. The van der Waals surface area contributed by atoms with Gasteiger partial charge in [-0.25, -0.2) is 9.89 Å². The Morgan fingerprint density at radius 2 is 2.26 bits per heavy atom. The number of hydrogen-bond acceptors (Lipinski definition) is 4. The Balaban J connectivity index is 2.39. The van der Waals surface area contributed by atoms with Crippen molar-refractivity contribution in [2.75, 3.05) is 0 Å². The minimum absolute atomic E-state index is 0.0126. The van der Waals surface area contributed by atoms with Crippen LogP contribution in [0.3, 0.4) is 0 Å². The van der Waals surface area contributed by atoms with E-state index in [1.54, 1.807) is 16.7 Å². The summed E-state index contributed by atoms with van der Waals surface area (Å²) in [6.07, 6.45) is 0. The molecule has 0 fully saturated rings. The highest BCUT2D eigenvalue weighted by Gasteiger charge is 2.14. The topological polar surface area (TPSA) is 70.9 Å². The summed E-state index contributed by atoms with van der Waals surface area (Å²) in [5.41, 5.74) is 0.472. The summed E-state index contributed by atoms with van der Waals surface area (Å²) in [6.45, 7) is 3.71. The molecule has 0 bridgehead atoms. The fraction of sp³-hybridized carbons (Fsp3) is 0.333.